The van der Waals surface area contributed by atoms with Crippen LogP contribution in [0.1, 0.15) is 32.3 Å². The van der Waals surface area contributed by atoms with Crippen molar-refractivity contribution < 1.29 is 0 Å². The summed E-state index contributed by atoms with van der Waals surface area (Å²) in [5, 5.41) is 11.1. The zero-order chi connectivity index (χ0) is 18.9. The molecule has 0 bridgehead atoms. The van der Waals surface area contributed by atoms with E-state index in [9.17, 15) is 0 Å². The maximum Gasteiger partial charge on any atom is 0.191 e. The van der Waals surface area contributed by atoms with Crippen LogP contribution in [-0.2, 0) is 6.42 Å². The Bertz CT molecular complexity index is 688. The van der Waals surface area contributed by atoms with E-state index in [2.05, 4.69) is 58.7 Å². The van der Waals surface area contributed by atoms with Crippen molar-refractivity contribution >= 4 is 5.96 Å². The molecule has 0 atom stereocenters. The number of hydrogen-bond donors (Lipinski definition) is 2. The highest BCUT2D eigenvalue weighted by Crippen LogP contribution is 2.25. The SMILES string of the molecule is CCNC(=NCCN(CC)C1CC1)NCCc1ccc(-n2cccn2)cc1. The molecule has 6 heteroatoms. The van der Waals surface area contributed by atoms with Crippen molar-refractivity contribution in [1.29, 1.82) is 0 Å². The monoisotopic (exact) mass is 368 g/mol. The van der Waals surface area contributed by atoms with Gasteiger partial charge in [0.2, 0.25) is 0 Å². The Morgan fingerprint density at radius 3 is 2.67 bits per heavy atom. The van der Waals surface area contributed by atoms with E-state index in [1.807, 2.05) is 16.9 Å². The van der Waals surface area contributed by atoms with Crippen molar-refractivity contribution in [3.8, 4) is 5.69 Å². The lowest BCUT2D eigenvalue weighted by molar-refractivity contribution is 0.286. The molecule has 0 spiro atoms. The largest absolute Gasteiger partial charge is 0.357 e. The van der Waals surface area contributed by atoms with Gasteiger partial charge in [0.05, 0.1) is 12.2 Å². The van der Waals surface area contributed by atoms with Gasteiger partial charge in [0.25, 0.3) is 0 Å². The molecule has 0 aliphatic heterocycles. The van der Waals surface area contributed by atoms with Gasteiger partial charge < -0.3 is 10.6 Å². The van der Waals surface area contributed by atoms with Crippen LogP contribution < -0.4 is 10.6 Å². The number of likely N-dealkylation sites (N-methyl/N-ethyl adjacent to an activating group) is 1. The van der Waals surface area contributed by atoms with E-state index < -0.39 is 0 Å². The number of nitrogens with one attached hydrogen (secondary N) is 2. The van der Waals surface area contributed by atoms with Crippen LogP contribution in [0, 0.1) is 0 Å². The first-order chi connectivity index (χ1) is 13.3. The second-order valence-electron chi connectivity index (χ2n) is 6.91. The molecule has 0 saturated heterocycles. The standard InChI is InChI=1S/C21H32N6/c1-3-22-21(24-15-17-26(4-2)19-10-11-19)23-14-12-18-6-8-20(9-7-18)27-16-5-13-25-27/h5-9,13,16,19H,3-4,10-12,14-15,17H2,1-2H3,(H2,22,23,24). The maximum absolute atomic E-state index is 4.73. The summed E-state index contributed by atoms with van der Waals surface area (Å²) in [6.45, 7) is 9.11. The molecule has 1 saturated carbocycles. The minimum atomic E-state index is 0.811. The lowest BCUT2D eigenvalue weighted by Gasteiger charge is -2.19. The topological polar surface area (TPSA) is 57.5 Å². The van der Waals surface area contributed by atoms with Crippen LogP contribution in [0.3, 0.4) is 0 Å². The van der Waals surface area contributed by atoms with Gasteiger partial charge in [-0.1, -0.05) is 19.1 Å². The number of benzene rings is 1. The van der Waals surface area contributed by atoms with Crippen LogP contribution in [0.15, 0.2) is 47.7 Å². The van der Waals surface area contributed by atoms with E-state index in [0.29, 0.717) is 0 Å². The molecule has 6 nitrogen and oxygen atoms in total. The van der Waals surface area contributed by atoms with Crippen LogP contribution in [0.2, 0.25) is 0 Å². The van der Waals surface area contributed by atoms with Gasteiger partial charge in [-0.25, -0.2) is 4.68 Å². The predicted molar refractivity (Wildman–Crippen MR) is 112 cm³/mol. The Morgan fingerprint density at radius 1 is 1.22 bits per heavy atom. The lowest BCUT2D eigenvalue weighted by atomic mass is 10.1. The first-order valence-corrected chi connectivity index (χ1v) is 10.1. The predicted octanol–water partition coefficient (Wildman–Crippen LogP) is 2.45. The summed E-state index contributed by atoms with van der Waals surface area (Å²) in [7, 11) is 0. The van der Waals surface area contributed by atoms with Crippen LogP contribution in [-0.4, -0.2) is 59.4 Å². The molecule has 27 heavy (non-hydrogen) atoms. The summed E-state index contributed by atoms with van der Waals surface area (Å²) in [4.78, 5) is 7.27. The van der Waals surface area contributed by atoms with E-state index in [1.165, 1.54) is 18.4 Å². The van der Waals surface area contributed by atoms with E-state index >= 15 is 0 Å². The third-order valence-electron chi connectivity index (χ3n) is 4.88. The molecule has 0 unspecified atom stereocenters. The van der Waals surface area contributed by atoms with E-state index in [1.54, 1.807) is 6.20 Å². The molecule has 146 valence electrons. The molecule has 2 N–H and O–H groups in total. The highest BCUT2D eigenvalue weighted by Gasteiger charge is 2.27. The molecule has 1 fully saturated rings. The van der Waals surface area contributed by atoms with Gasteiger partial charge in [0.1, 0.15) is 0 Å². The van der Waals surface area contributed by atoms with Crippen molar-refractivity contribution in [3.63, 3.8) is 0 Å². The third-order valence-corrected chi connectivity index (χ3v) is 4.88. The molecular weight excluding hydrogens is 336 g/mol. The van der Waals surface area contributed by atoms with Crippen molar-refractivity contribution in [2.24, 2.45) is 4.99 Å². The smallest absolute Gasteiger partial charge is 0.191 e. The molecule has 1 aromatic heterocycles. The average Bonchev–Trinajstić information content (AvgIpc) is 3.38. The molecule has 1 heterocycles. The Labute approximate surface area is 162 Å². The minimum absolute atomic E-state index is 0.811. The van der Waals surface area contributed by atoms with Gasteiger partial charge in [0.15, 0.2) is 5.96 Å². The maximum atomic E-state index is 4.73. The van der Waals surface area contributed by atoms with E-state index in [-0.39, 0.29) is 0 Å². The summed E-state index contributed by atoms with van der Waals surface area (Å²) in [6, 6.07) is 11.3. The minimum Gasteiger partial charge on any atom is -0.357 e. The van der Waals surface area contributed by atoms with Gasteiger partial charge >= 0.3 is 0 Å². The molecular formula is C21H32N6. The lowest BCUT2D eigenvalue weighted by Crippen LogP contribution is -2.39. The molecule has 1 aliphatic carbocycles. The quantitative estimate of drug-likeness (QED) is 0.500. The summed E-state index contributed by atoms with van der Waals surface area (Å²) in [5.41, 5.74) is 2.39. The van der Waals surface area contributed by atoms with E-state index in [4.69, 9.17) is 4.99 Å². The summed E-state index contributed by atoms with van der Waals surface area (Å²) >= 11 is 0. The first kappa shape index (κ1) is 19.4. The zero-order valence-corrected chi connectivity index (χ0v) is 16.6. The highest BCUT2D eigenvalue weighted by molar-refractivity contribution is 5.79. The molecule has 1 aliphatic rings. The van der Waals surface area contributed by atoms with Gasteiger partial charge in [0, 0.05) is 38.1 Å². The number of aliphatic imine (C=N–C) groups is 1. The molecule has 1 aromatic carbocycles. The van der Waals surface area contributed by atoms with Gasteiger partial charge in [-0.2, -0.15) is 5.10 Å². The van der Waals surface area contributed by atoms with Crippen LogP contribution in [0.4, 0.5) is 0 Å². The molecule has 3 rings (SSSR count). The van der Waals surface area contributed by atoms with Crippen molar-refractivity contribution in [2.45, 2.75) is 39.2 Å². The fourth-order valence-corrected chi connectivity index (χ4v) is 3.23. The molecule has 0 radical (unpaired) electrons. The number of aromatic nitrogens is 2. The Hall–Kier alpha value is -2.34. The Balaban J connectivity index is 1.43. The third kappa shape index (κ3) is 6.10. The van der Waals surface area contributed by atoms with Crippen molar-refractivity contribution in [1.82, 2.24) is 25.3 Å². The van der Waals surface area contributed by atoms with Gasteiger partial charge in [-0.15, -0.1) is 0 Å². The fourth-order valence-electron chi connectivity index (χ4n) is 3.23. The van der Waals surface area contributed by atoms with Crippen molar-refractivity contribution in [3.05, 3.63) is 48.3 Å². The highest BCUT2D eigenvalue weighted by atomic mass is 15.3. The summed E-state index contributed by atoms with van der Waals surface area (Å²) in [5.74, 6) is 0.914. The van der Waals surface area contributed by atoms with Crippen LogP contribution >= 0.6 is 0 Å². The Kier molecular flexibility index (Phi) is 7.27. The number of rotatable bonds is 10. The second-order valence-corrected chi connectivity index (χ2v) is 6.91. The van der Waals surface area contributed by atoms with Crippen LogP contribution in [0.25, 0.3) is 5.69 Å². The second kappa shape index (κ2) is 10.1. The van der Waals surface area contributed by atoms with E-state index in [0.717, 1.165) is 56.8 Å². The number of nitrogens with zero attached hydrogens (tertiary/aromatic N) is 4. The van der Waals surface area contributed by atoms with Gasteiger partial charge in [-0.3, -0.25) is 9.89 Å². The average molecular weight is 369 g/mol. The summed E-state index contributed by atoms with van der Waals surface area (Å²) < 4.78 is 1.87. The van der Waals surface area contributed by atoms with Gasteiger partial charge in [-0.05, 0) is 56.5 Å². The van der Waals surface area contributed by atoms with Crippen molar-refractivity contribution in [2.75, 3.05) is 32.7 Å². The normalized spacial score (nSPS) is 14.6. The fraction of sp³-hybridized carbons (Fsp3) is 0.524. The first-order valence-electron chi connectivity index (χ1n) is 10.1. The van der Waals surface area contributed by atoms with Crippen LogP contribution in [0.5, 0.6) is 0 Å². The molecule has 0 amide bonds. The summed E-state index contributed by atoms with van der Waals surface area (Å²) in [6.07, 6.45) is 7.43. The molecule has 2 aromatic rings. The number of hydrogen-bond acceptors (Lipinski definition) is 3. The number of guanidine groups is 1. The zero-order valence-electron chi connectivity index (χ0n) is 16.6. The Morgan fingerprint density at radius 2 is 2.04 bits per heavy atom.